The van der Waals surface area contributed by atoms with Gasteiger partial charge in [0.05, 0.1) is 10.5 Å². The Bertz CT molecular complexity index is 650. The molecule has 0 unspecified atom stereocenters. The number of rotatable bonds is 3. The zero-order valence-corrected chi connectivity index (χ0v) is 9.88. The Kier molecular flexibility index (Phi) is 3.15. The molecule has 0 aliphatic rings. The number of nitrogens with one attached hydrogen (secondary N) is 2. The van der Waals surface area contributed by atoms with Gasteiger partial charge in [-0.3, -0.25) is 20.2 Å². The van der Waals surface area contributed by atoms with Crippen molar-refractivity contribution < 1.29 is 14.8 Å². The fourth-order valence-corrected chi connectivity index (χ4v) is 1.51. The number of carbonyl (C=O) groups is 1. The summed E-state index contributed by atoms with van der Waals surface area (Å²) in [6.07, 6.45) is 1.52. The number of nitrogens with zero attached hydrogens (tertiary/aromatic N) is 2. The number of aryl methyl sites for hydroxylation is 1. The average molecular weight is 262 g/mol. The molecule has 2 aromatic rings. The third-order valence-corrected chi connectivity index (χ3v) is 2.39. The number of aromatic nitrogens is 2. The molecule has 1 heterocycles. The number of para-hydroxylation sites is 1. The zero-order chi connectivity index (χ0) is 14.0. The van der Waals surface area contributed by atoms with Gasteiger partial charge in [-0.1, -0.05) is 6.07 Å². The second kappa shape index (κ2) is 4.77. The van der Waals surface area contributed by atoms with Gasteiger partial charge < -0.3 is 10.1 Å². The van der Waals surface area contributed by atoms with Crippen molar-refractivity contribution in [3.63, 3.8) is 0 Å². The Morgan fingerprint density at radius 3 is 2.84 bits per heavy atom. The normalized spacial score (nSPS) is 10.2. The van der Waals surface area contributed by atoms with E-state index in [1.54, 1.807) is 6.92 Å². The molecule has 0 saturated heterocycles. The van der Waals surface area contributed by atoms with E-state index in [4.69, 9.17) is 0 Å². The fourth-order valence-electron chi connectivity index (χ4n) is 1.51. The van der Waals surface area contributed by atoms with Gasteiger partial charge in [-0.25, -0.2) is 4.98 Å². The molecule has 0 aliphatic heterocycles. The van der Waals surface area contributed by atoms with Crippen LogP contribution < -0.4 is 5.32 Å². The smallest absolute Gasteiger partial charge is 0.311 e. The average Bonchev–Trinajstić information content (AvgIpc) is 2.74. The van der Waals surface area contributed by atoms with Crippen molar-refractivity contribution in [1.82, 2.24) is 9.97 Å². The van der Waals surface area contributed by atoms with E-state index in [1.807, 2.05) is 0 Å². The number of aromatic amines is 1. The van der Waals surface area contributed by atoms with E-state index in [0.29, 0.717) is 0 Å². The molecule has 3 N–H and O–H groups in total. The van der Waals surface area contributed by atoms with Crippen molar-refractivity contribution in [2.24, 2.45) is 0 Å². The van der Waals surface area contributed by atoms with Crippen LogP contribution in [-0.4, -0.2) is 25.9 Å². The number of aromatic hydroxyl groups is 1. The predicted molar refractivity (Wildman–Crippen MR) is 66.0 cm³/mol. The molecule has 98 valence electrons. The van der Waals surface area contributed by atoms with E-state index in [-0.39, 0.29) is 11.5 Å². The fraction of sp³-hybridized carbons (Fsp3) is 0.0909. The molecular formula is C11H10N4O4. The van der Waals surface area contributed by atoms with Crippen LogP contribution in [0.3, 0.4) is 0 Å². The molecule has 0 saturated carbocycles. The summed E-state index contributed by atoms with van der Waals surface area (Å²) < 4.78 is 0. The lowest BCUT2D eigenvalue weighted by molar-refractivity contribution is -0.385. The molecule has 1 aromatic heterocycles. The van der Waals surface area contributed by atoms with Gasteiger partial charge in [-0.05, 0) is 13.0 Å². The number of hydrogen-bond acceptors (Lipinski definition) is 5. The second-order valence-electron chi connectivity index (χ2n) is 3.80. The molecule has 8 nitrogen and oxygen atoms in total. The highest BCUT2D eigenvalue weighted by molar-refractivity contribution is 6.06. The highest BCUT2D eigenvalue weighted by Gasteiger charge is 2.21. The summed E-state index contributed by atoms with van der Waals surface area (Å²) in [6, 6.07) is 3.72. The molecule has 0 spiro atoms. The molecule has 0 fully saturated rings. The number of anilines is 1. The van der Waals surface area contributed by atoms with Crippen LogP contribution in [-0.2, 0) is 0 Å². The molecule has 0 aliphatic carbocycles. The molecule has 0 atom stereocenters. The summed E-state index contributed by atoms with van der Waals surface area (Å²) in [7, 11) is 0. The first-order valence-corrected chi connectivity index (χ1v) is 5.28. The summed E-state index contributed by atoms with van der Waals surface area (Å²) in [5.74, 6) is -1.16. The predicted octanol–water partition coefficient (Wildman–Crippen LogP) is 1.58. The Hall–Kier alpha value is -2.90. The van der Waals surface area contributed by atoms with Gasteiger partial charge in [-0.15, -0.1) is 0 Å². The lowest BCUT2D eigenvalue weighted by atomic mass is 10.1. The number of nitro benzene ring substituents is 1. The number of hydrogen-bond donors (Lipinski definition) is 3. The maximum Gasteiger partial charge on any atom is 0.311 e. The Morgan fingerprint density at radius 2 is 2.26 bits per heavy atom. The van der Waals surface area contributed by atoms with Gasteiger partial charge in [0.25, 0.3) is 5.91 Å². The summed E-state index contributed by atoms with van der Waals surface area (Å²) in [5, 5.41) is 22.7. The van der Waals surface area contributed by atoms with E-state index in [2.05, 4.69) is 15.3 Å². The first-order valence-electron chi connectivity index (χ1n) is 5.28. The standard InChI is InChI=1S/C11H10N4O4/c1-6-5-12-11(13-6)14-10(17)7-3-2-4-8(9(7)16)15(18)19/h2-5,16H,1H3,(H2,12,13,14,17). The molecular weight excluding hydrogens is 252 g/mol. The van der Waals surface area contributed by atoms with Crippen molar-refractivity contribution in [1.29, 1.82) is 0 Å². The molecule has 8 heteroatoms. The molecule has 0 bridgehead atoms. The second-order valence-corrected chi connectivity index (χ2v) is 3.80. The maximum absolute atomic E-state index is 11.9. The summed E-state index contributed by atoms with van der Waals surface area (Å²) >= 11 is 0. The minimum absolute atomic E-state index is 0.191. The molecule has 1 amide bonds. The summed E-state index contributed by atoms with van der Waals surface area (Å²) in [5.41, 5.74) is 0.0325. The molecule has 0 radical (unpaired) electrons. The highest BCUT2D eigenvalue weighted by Crippen LogP contribution is 2.29. The van der Waals surface area contributed by atoms with Crippen molar-refractivity contribution in [3.05, 3.63) is 45.8 Å². The monoisotopic (exact) mass is 262 g/mol. The lowest BCUT2D eigenvalue weighted by Crippen LogP contribution is -2.13. The van der Waals surface area contributed by atoms with Gasteiger partial charge in [0.2, 0.25) is 11.7 Å². The van der Waals surface area contributed by atoms with E-state index in [9.17, 15) is 20.0 Å². The first kappa shape index (κ1) is 12.6. The number of imidazole rings is 1. The van der Waals surface area contributed by atoms with Crippen LogP contribution in [0.5, 0.6) is 5.75 Å². The number of nitro groups is 1. The van der Waals surface area contributed by atoms with Gasteiger partial charge >= 0.3 is 5.69 Å². The number of benzene rings is 1. The Balaban J connectivity index is 2.29. The van der Waals surface area contributed by atoms with Crippen LogP contribution in [0.2, 0.25) is 0 Å². The highest BCUT2D eigenvalue weighted by atomic mass is 16.6. The lowest BCUT2D eigenvalue weighted by Gasteiger charge is -2.04. The SMILES string of the molecule is Cc1cnc(NC(=O)c2cccc([N+](=O)[O-])c2O)[nH]1. The largest absolute Gasteiger partial charge is 0.502 e. The number of H-pyrrole nitrogens is 1. The van der Waals surface area contributed by atoms with Crippen molar-refractivity contribution in [2.45, 2.75) is 6.92 Å². The Labute approximate surface area is 107 Å². The number of phenols is 1. The molecule has 2 rings (SSSR count). The van der Waals surface area contributed by atoms with Crippen molar-refractivity contribution >= 4 is 17.5 Å². The van der Waals surface area contributed by atoms with Gasteiger partial charge in [0, 0.05) is 18.0 Å². The van der Waals surface area contributed by atoms with E-state index >= 15 is 0 Å². The van der Waals surface area contributed by atoms with Crippen molar-refractivity contribution in [3.8, 4) is 5.75 Å². The Morgan fingerprint density at radius 1 is 1.53 bits per heavy atom. The van der Waals surface area contributed by atoms with Crippen LogP contribution in [0.25, 0.3) is 0 Å². The summed E-state index contributed by atoms with van der Waals surface area (Å²) in [6.45, 7) is 1.76. The number of carbonyl (C=O) groups excluding carboxylic acids is 1. The quantitative estimate of drug-likeness (QED) is 0.572. The van der Waals surface area contributed by atoms with Gasteiger partial charge in [0.15, 0.2) is 0 Å². The maximum atomic E-state index is 11.9. The van der Waals surface area contributed by atoms with Crippen molar-refractivity contribution in [2.75, 3.05) is 5.32 Å². The summed E-state index contributed by atoms with van der Waals surface area (Å²) in [4.78, 5) is 28.4. The van der Waals surface area contributed by atoms with E-state index in [1.165, 1.54) is 18.3 Å². The van der Waals surface area contributed by atoms with Gasteiger partial charge in [0.1, 0.15) is 0 Å². The molecule has 19 heavy (non-hydrogen) atoms. The first-order chi connectivity index (χ1) is 8.99. The third-order valence-electron chi connectivity index (χ3n) is 2.39. The van der Waals surface area contributed by atoms with Crippen LogP contribution in [0, 0.1) is 17.0 Å². The zero-order valence-electron chi connectivity index (χ0n) is 9.88. The minimum Gasteiger partial charge on any atom is -0.502 e. The number of phenolic OH excluding ortho intramolecular Hbond substituents is 1. The topological polar surface area (TPSA) is 121 Å². The minimum atomic E-state index is -0.761. The third kappa shape index (κ3) is 2.51. The molecule has 1 aromatic carbocycles. The van der Waals surface area contributed by atoms with E-state index < -0.39 is 22.3 Å². The van der Waals surface area contributed by atoms with Gasteiger partial charge in [-0.2, -0.15) is 0 Å². The number of amides is 1. The van der Waals surface area contributed by atoms with Crippen LogP contribution in [0.1, 0.15) is 16.1 Å². The van der Waals surface area contributed by atoms with Crippen LogP contribution in [0.4, 0.5) is 11.6 Å². The van der Waals surface area contributed by atoms with Crippen LogP contribution in [0.15, 0.2) is 24.4 Å². The van der Waals surface area contributed by atoms with E-state index in [0.717, 1.165) is 11.8 Å². The van der Waals surface area contributed by atoms with Crippen LogP contribution >= 0.6 is 0 Å².